The van der Waals surface area contributed by atoms with E-state index in [0.717, 1.165) is 48.7 Å². The summed E-state index contributed by atoms with van der Waals surface area (Å²) in [5.41, 5.74) is 2.75. The molecule has 2 heterocycles. The highest BCUT2D eigenvalue weighted by Crippen LogP contribution is 2.24. The van der Waals surface area contributed by atoms with Gasteiger partial charge < -0.3 is 5.32 Å². The van der Waals surface area contributed by atoms with Gasteiger partial charge in [-0.2, -0.15) is 0 Å². The summed E-state index contributed by atoms with van der Waals surface area (Å²) in [5.74, 6) is -0.465. The summed E-state index contributed by atoms with van der Waals surface area (Å²) < 4.78 is 13.0. The second-order valence-corrected chi connectivity index (χ2v) is 7.90. The number of hydrogen-bond donors (Lipinski definition) is 1. The number of carbonyl (C=O) groups excluding carboxylic acids is 1. The molecule has 0 bridgehead atoms. The number of nitrogens with zero attached hydrogens (tertiary/aromatic N) is 2. The highest BCUT2D eigenvalue weighted by Gasteiger charge is 2.22. The second-order valence-electron chi connectivity index (χ2n) is 7.04. The fourth-order valence-electron chi connectivity index (χ4n) is 3.43. The van der Waals surface area contributed by atoms with Crippen molar-refractivity contribution >= 4 is 17.2 Å². The first-order valence-electron chi connectivity index (χ1n) is 9.46. The van der Waals surface area contributed by atoms with E-state index in [2.05, 4.69) is 27.7 Å². The van der Waals surface area contributed by atoms with Crippen LogP contribution < -0.4 is 5.32 Å². The van der Waals surface area contributed by atoms with Gasteiger partial charge in [-0.15, -0.1) is 11.3 Å². The number of carbonyl (C=O) groups is 1. The van der Waals surface area contributed by atoms with Crippen LogP contribution in [0.1, 0.15) is 28.9 Å². The topological polar surface area (TPSA) is 45.2 Å². The van der Waals surface area contributed by atoms with Crippen LogP contribution in [0.4, 0.5) is 4.39 Å². The van der Waals surface area contributed by atoms with Gasteiger partial charge in [0.25, 0.3) is 5.91 Å². The molecule has 4 rings (SSSR count). The zero-order valence-electron chi connectivity index (χ0n) is 15.5. The fourth-order valence-corrected chi connectivity index (χ4v) is 4.24. The molecule has 0 aliphatic carbocycles. The van der Waals surface area contributed by atoms with Crippen LogP contribution in [0.15, 0.2) is 60.0 Å². The molecule has 0 saturated carbocycles. The molecule has 144 valence electrons. The number of likely N-dealkylation sites (tertiary alicyclic amines) is 1. The minimum absolute atomic E-state index is 0.134. The first kappa shape index (κ1) is 18.8. The average molecular weight is 396 g/mol. The van der Waals surface area contributed by atoms with Gasteiger partial charge in [0.1, 0.15) is 10.8 Å². The molecule has 1 aromatic heterocycles. The molecule has 1 fully saturated rings. The van der Waals surface area contributed by atoms with Crippen LogP contribution in [-0.2, 0) is 6.54 Å². The van der Waals surface area contributed by atoms with Crippen molar-refractivity contribution in [2.24, 2.45) is 0 Å². The predicted octanol–water partition coefficient (Wildman–Crippen LogP) is 4.34. The lowest BCUT2D eigenvalue weighted by atomic mass is 10.0. The minimum Gasteiger partial charge on any atom is -0.349 e. The maximum atomic E-state index is 13.0. The van der Waals surface area contributed by atoms with Gasteiger partial charge in [-0.05, 0) is 37.1 Å². The molecule has 0 atom stereocenters. The minimum atomic E-state index is -0.331. The number of piperidine rings is 1. The van der Waals surface area contributed by atoms with Gasteiger partial charge in [0.15, 0.2) is 0 Å². The van der Waals surface area contributed by atoms with E-state index in [-0.39, 0.29) is 17.8 Å². The maximum absolute atomic E-state index is 13.0. The first-order valence-corrected chi connectivity index (χ1v) is 10.3. The largest absolute Gasteiger partial charge is 0.349 e. The summed E-state index contributed by atoms with van der Waals surface area (Å²) in [4.78, 5) is 19.4. The van der Waals surface area contributed by atoms with Crippen molar-refractivity contribution in [3.05, 3.63) is 77.1 Å². The molecule has 6 heteroatoms. The van der Waals surface area contributed by atoms with E-state index < -0.39 is 0 Å². The van der Waals surface area contributed by atoms with Crippen LogP contribution in [0.25, 0.3) is 10.6 Å². The molecule has 0 radical (unpaired) electrons. The average Bonchev–Trinajstić information content (AvgIpc) is 3.19. The Morgan fingerprint density at radius 1 is 1.11 bits per heavy atom. The van der Waals surface area contributed by atoms with Gasteiger partial charge in [-0.3, -0.25) is 9.69 Å². The Kier molecular flexibility index (Phi) is 5.78. The second kappa shape index (κ2) is 8.63. The van der Waals surface area contributed by atoms with Crippen molar-refractivity contribution < 1.29 is 9.18 Å². The van der Waals surface area contributed by atoms with Gasteiger partial charge in [-0.1, -0.05) is 30.3 Å². The molecule has 28 heavy (non-hydrogen) atoms. The Labute approximate surface area is 168 Å². The Balaban J connectivity index is 1.27. The number of amides is 1. The summed E-state index contributed by atoms with van der Waals surface area (Å²) in [6.45, 7) is 2.68. The Morgan fingerprint density at radius 2 is 1.82 bits per heavy atom. The highest BCUT2D eigenvalue weighted by molar-refractivity contribution is 7.13. The van der Waals surface area contributed by atoms with E-state index in [1.807, 2.05) is 18.2 Å². The first-order chi connectivity index (χ1) is 13.7. The summed E-state index contributed by atoms with van der Waals surface area (Å²) in [6, 6.07) is 16.1. The van der Waals surface area contributed by atoms with E-state index in [4.69, 9.17) is 4.98 Å². The lowest BCUT2D eigenvalue weighted by molar-refractivity contribution is 0.0908. The van der Waals surface area contributed by atoms with Crippen LogP contribution >= 0.6 is 11.3 Å². The molecule has 1 N–H and O–H groups in total. The standard InChI is InChI=1S/C22H22FN3OS/c23-18-8-6-16(7-9-18)21(27)24-19-10-12-26(13-11-19)14-20-15-28-22(25-20)17-4-2-1-3-5-17/h1-9,15,19H,10-14H2,(H,24,27). The number of rotatable bonds is 5. The van der Waals surface area contributed by atoms with Crippen molar-refractivity contribution in [2.45, 2.75) is 25.4 Å². The number of nitrogens with one attached hydrogen (secondary N) is 1. The zero-order valence-corrected chi connectivity index (χ0v) is 16.3. The van der Waals surface area contributed by atoms with Gasteiger partial charge in [0, 0.05) is 42.2 Å². The van der Waals surface area contributed by atoms with Crippen LogP contribution in [0.3, 0.4) is 0 Å². The number of aromatic nitrogens is 1. The summed E-state index contributed by atoms with van der Waals surface area (Å²) in [7, 11) is 0. The lowest BCUT2D eigenvalue weighted by Gasteiger charge is -2.31. The van der Waals surface area contributed by atoms with E-state index >= 15 is 0 Å². The molecule has 0 spiro atoms. The van der Waals surface area contributed by atoms with Crippen molar-refractivity contribution in [2.75, 3.05) is 13.1 Å². The van der Waals surface area contributed by atoms with E-state index in [1.54, 1.807) is 11.3 Å². The van der Waals surface area contributed by atoms with Crippen molar-refractivity contribution in [1.29, 1.82) is 0 Å². The SMILES string of the molecule is O=C(NC1CCN(Cc2csc(-c3ccccc3)n2)CC1)c1ccc(F)cc1. The fraction of sp³-hybridized carbons (Fsp3) is 0.273. The van der Waals surface area contributed by atoms with Crippen LogP contribution in [-0.4, -0.2) is 34.9 Å². The van der Waals surface area contributed by atoms with E-state index in [9.17, 15) is 9.18 Å². The third-order valence-electron chi connectivity index (χ3n) is 4.99. The molecule has 0 unspecified atom stereocenters. The van der Waals surface area contributed by atoms with Crippen LogP contribution in [0.2, 0.25) is 0 Å². The zero-order chi connectivity index (χ0) is 19.3. The maximum Gasteiger partial charge on any atom is 0.251 e. The van der Waals surface area contributed by atoms with Crippen LogP contribution in [0, 0.1) is 5.82 Å². The summed E-state index contributed by atoms with van der Waals surface area (Å²) in [5, 5.41) is 6.25. The lowest BCUT2D eigenvalue weighted by Crippen LogP contribution is -2.44. The van der Waals surface area contributed by atoms with Crippen LogP contribution in [0.5, 0.6) is 0 Å². The third kappa shape index (κ3) is 4.64. The molecule has 1 amide bonds. The van der Waals surface area contributed by atoms with E-state index in [1.165, 1.54) is 24.3 Å². The quantitative estimate of drug-likeness (QED) is 0.699. The summed E-state index contributed by atoms with van der Waals surface area (Å²) >= 11 is 1.68. The monoisotopic (exact) mass is 395 g/mol. The van der Waals surface area contributed by atoms with Gasteiger partial charge in [0.05, 0.1) is 5.69 Å². The molecule has 1 aliphatic rings. The number of hydrogen-bond acceptors (Lipinski definition) is 4. The molecular weight excluding hydrogens is 373 g/mol. The Hall–Kier alpha value is -2.57. The number of benzene rings is 2. The van der Waals surface area contributed by atoms with Crippen molar-refractivity contribution in [3.8, 4) is 10.6 Å². The van der Waals surface area contributed by atoms with Crippen molar-refractivity contribution in [3.63, 3.8) is 0 Å². The van der Waals surface area contributed by atoms with Gasteiger partial charge >= 0.3 is 0 Å². The molecule has 1 saturated heterocycles. The van der Waals surface area contributed by atoms with Gasteiger partial charge in [0.2, 0.25) is 0 Å². The molecule has 4 nitrogen and oxygen atoms in total. The Bertz CT molecular complexity index is 918. The number of halogens is 1. The molecular formula is C22H22FN3OS. The number of thiazole rings is 1. The third-order valence-corrected chi connectivity index (χ3v) is 5.93. The van der Waals surface area contributed by atoms with Gasteiger partial charge in [-0.25, -0.2) is 9.37 Å². The summed E-state index contributed by atoms with van der Waals surface area (Å²) in [6.07, 6.45) is 1.81. The molecule has 1 aliphatic heterocycles. The molecule has 3 aromatic rings. The highest BCUT2D eigenvalue weighted by atomic mass is 32.1. The molecule has 2 aromatic carbocycles. The van der Waals surface area contributed by atoms with E-state index in [0.29, 0.717) is 5.56 Å². The Morgan fingerprint density at radius 3 is 2.54 bits per heavy atom. The normalized spacial score (nSPS) is 15.5. The van der Waals surface area contributed by atoms with Crippen molar-refractivity contribution in [1.82, 2.24) is 15.2 Å². The predicted molar refractivity (Wildman–Crippen MR) is 110 cm³/mol. The smallest absolute Gasteiger partial charge is 0.251 e.